The van der Waals surface area contributed by atoms with Crippen LogP contribution in [-0.2, 0) is 6.42 Å². The van der Waals surface area contributed by atoms with Crippen LogP contribution in [0.5, 0.6) is 0 Å². The molecular formula is C19H18ClN3OS. The fourth-order valence-corrected chi connectivity index (χ4v) is 3.21. The number of hydrogen-bond donors (Lipinski definition) is 2. The molecule has 6 heteroatoms. The standard InChI is InChI=1S/C19H18ClN3OS/c1-13(10-14-6-5-7-15(20)11-14)22-18(24)17-12-21-19(25)23(17)16-8-3-2-4-9-16/h2-9,11-13H,10H2,1H3,(H,21,25)(H,22,24)/t13-/m0/s1. The zero-order chi connectivity index (χ0) is 17.8. The van der Waals surface area contributed by atoms with Gasteiger partial charge in [-0.25, -0.2) is 0 Å². The van der Waals surface area contributed by atoms with Gasteiger partial charge in [0, 0.05) is 22.9 Å². The van der Waals surface area contributed by atoms with Crippen molar-refractivity contribution in [3.8, 4) is 5.69 Å². The molecule has 2 N–H and O–H groups in total. The van der Waals surface area contributed by atoms with Gasteiger partial charge in [-0.2, -0.15) is 0 Å². The number of H-pyrrole nitrogens is 1. The highest BCUT2D eigenvalue weighted by atomic mass is 35.5. The predicted molar refractivity (Wildman–Crippen MR) is 103 cm³/mol. The first kappa shape index (κ1) is 17.5. The smallest absolute Gasteiger partial charge is 0.270 e. The molecule has 0 saturated heterocycles. The van der Waals surface area contributed by atoms with Crippen molar-refractivity contribution >= 4 is 29.7 Å². The average molecular weight is 372 g/mol. The minimum atomic E-state index is -0.175. The highest BCUT2D eigenvalue weighted by Gasteiger charge is 2.16. The second-order valence-corrected chi connectivity index (χ2v) is 6.68. The first-order chi connectivity index (χ1) is 12.0. The lowest BCUT2D eigenvalue weighted by Crippen LogP contribution is -2.35. The summed E-state index contributed by atoms with van der Waals surface area (Å²) < 4.78 is 2.22. The number of aromatic amines is 1. The Morgan fingerprint density at radius 1 is 1.24 bits per heavy atom. The fourth-order valence-electron chi connectivity index (χ4n) is 2.74. The number of imidazole rings is 1. The average Bonchev–Trinajstić information content (AvgIpc) is 2.97. The quantitative estimate of drug-likeness (QED) is 0.646. The van der Waals surface area contributed by atoms with Gasteiger partial charge in [-0.3, -0.25) is 9.36 Å². The number of para-hydroxylation sites is 1. The summed E-state index contributed by atoms with van der Waals surface area (Å²) in [5.41, 5.74) is 2.41. The molecule has 3 aromatic rings. The van der Waals surface area contributed by atoms with E-state index < -0.39 is 0 Å². The Labute approximate surface area is 156 Å². The normalized spacial score (nSPS) is 11.9. The second kappa shape index (κ2) is 7.68. The number of nitrogens with one attached hydrogen (secondary N) is 2. The number of nitrogens with zero attached hydrogens (tertiary/aromatic N) is 1. The zero-order valence-electron chi connectivity index (χ0n) is 13.7. The van der Waals surface area contributed by atoms with Crippen molar-refractivity contribution in [3.05, 3.63) is 81.8 Å². The maximum atomic E-state index is 12.7. The van der Waals surface area contributed by atoms with E-state index in [-0.39, 0.29) is 11.9 Å². The largest absolute Gasteiger partial charge is 0.348 e. The minimum absolute atomic E-state index is 0.0429. The van der Waals surface area contributed by atoms with E-state index in [1.165, 1.54) is 0 Å². The molecule has 0 aliphatic carbocycles. The summed E-state index contributed by atoms with van der Waals surface area (Å²) in [5, 5.41) is 3.71. The molecule has 0 saturated carbocycles. The molecule has 128 valence electrons. The van der Waals surface area contributed by atoms with Crippen molar-refractivity contribution in [2.24, 2.45) is 0 Å². The summed E-state index contributed by atoms with van der Waals surface area (Å²) in [7, 11) is 0. The van der Waals surface area contributed by atoms with E-state index in [1.54, 1.807) is 10.8 Å². The summed E-state index contributed by atoms with van der Waals surface area (Å²) >= 11 is 11.3. The molecule has 0 aliphatic rings. The lowest BCUT2D eigenvalue weighted by Gasteiger charge is -2.15. The summed E-state index contributed by atoms with van der Waals surface area (Å²) in [4.78, 5) is 15.6. The van der Waals surface area contributed by atoms with Gasteiger partial charge < -0.3 is 10.3 Å². The molecule has 0 spiro atoms. The van der Waals surface area contributed by atoms with Crippen LogP contribution >= 0.6 is 23.8 Å². The Morgan fingerprint density at radius 3 is 2.72 bits per heavy atom. The number of rotatable bonds is 5. The molecule has 0 radical (unpaired) electrons. The van der Waals surface area contributed by atoms with Crippen molar-refractivity contribution in [2.75, 3.05) is 0 Å². The minimum Gasteiger partial charge on any atom is -0.348 e. The van der Waals surface area contributed by atoms with E-state index >= 15 is 0 Å². The summed E-state index contributed by atoms with van der Waals surface area (Å²) in [6.07, 6.45) is 2.33. The Bertz CT molecular complexity index is 933. The Balaban J connectivity index is 1.77. The molecule has 1 heterocycles. The van der Waals surface area contributed by atoms with Crippen molar-refractivity contribution in [3.63, 3.8) is 0 Å². The topological polar surface area (TPSA) is 49.8 Å². The maximum absolute atomic E-state index is 12.7. The first-order valence-corrected chi connectivity index (χ1v) is 8.74. The highest BCUT2D eigenvalue weighted by Crippen LogP contribution is 2.14. The van der Waals surface area contributed by atoms with Crippen LogP contribution < -0.4 is 5.32 Å². The number of aromatic nitrogens is 2. The summed E-state index contributed by atoms with van der Waals surface area (Å²) in [6, 6.07) is 17.2. The number of carbonyl (C=O) groups excluding carboxylic acids is 1. The van der Waals surface area contributed by atoms with E-state index in [4.69, 9.17) is 23.8 Å². The lowest BCUT2D eigenvalue weighted by atomic mass is 10.1. The van der Waals surface area contributed by atoms with Crippen LogP contribution in [0.25, 0.3) is 5.69 Å². The Hall–Kier alpha value is -2.37. The summed E-state index contributed by atoms with van der Waals surface area (Å²) in [6.45, 7) is 1.97. The first-order valence-electron chi connectivity index (χ1n) is 7.96. The van der Waals surface area contributed by atoms with Crippen LogP contribution in [0.1, 0.15) is 23.0 Å². The van der Waals surface area contributed by atoms with Crippen LogP contribution in [0.4, 0.5) is 0 Å². The summed E-state index contributed by atoms with van der Waals surface area (Å²) in [5.74, 6) is -0.175. The van der Waals surface area contributed by atoms with Crippen LogP contribution in [0, 0.1) is 4.77 Å². The third-order valence-corrected chi connectivity index (χ3v) is 4.37. The van der Waals surface area contributed by atoms with Gasteiger partial charge >= 0.3 is 0 Å². The molecule has 2 aromatic carbocycles. The predicted octanol–water partition coefficient (Wildman–Crippen LogP) is 4.55. The third-order valence-electron chi connectivity index (χ3n) is 3.83. The molecule has 0 bridgehead atoms. The molecule has 0 unspecified atom stereocenters. The van der Waals surface area contributed by atoms with Gasteiger partial charge in [0.1, 0.15) is 5.69 Å². The molecule has 0 fully saturated rings. The van der Waals surface area contributed by atoms with Gasteiger partial charge in [-0.15, -0.1) is 0 Å². The van der Waals surface area contributed by atoms with Crippen LogP contribution in [-0.4, -0.2) is 21.5 Å². The third kappa shape index (κ3) is 4.18. The molecule has 1 aromatic heterocycles. The van der Waals surface area contributed by atoms with Gasteiger partial charge in [-0.1, -0.05) is 41.9 Å². The molecule has 3 rings (SSSR count). The van der Waals surface area contributed by atoms with E-state index in [0.717, 1.165) is 11.3 Å². The number of benzene rings is 2. The number of halogens is 1. The fraction of sp³-hybridized carbons (Fsp3) is 0.158. The molecule has 1 amide bonds. The van der Waals surface area contributed by atoms with Crippen molar-refractivity contribution in [1.29, 1.82) is 0 Å². The second-order valence-electron chi connectivity index (χ2n) is 5.86. The molecule has 4 nitrogen and oxygen atoms in total. The van der Waals surface area contributed by atoms with Crippen LogP contribution in [0.15, 0.2) is 60.8 Å². The van der Waals surface area contributed by atoms with E-state index in [2.05, 4.69) is 10.3 Å². The number of amides is 1. The maximum Gasteiger partial charge on any atom is 0.270 e. The zero-order valence-corrected chi connectivity index (χ0v) is 15.3. The van der Waals surface area contributed by atoms with E-state index in [0.29, 0.717) is 21.9 Å². The molecule has 1 atom stereocenters. The van der Waals surface area contributed by atoms with Gasteiger partial charge in [0.05, 0.1) is 0 Å². The monoisotopic (exact) mass is 371 g/mol. The van der Waals surface area contributed by atoms with Gasteiger partial charge in [0.15, 0.2) is 4.77 Å². The highest BCUT2D eigenvalue weighted by molar-refractivity contribution is 7.71. The molecule has 25 heavy (non-hydrogen) atoms. The van der Waals surface area contributed by atoms with Gasteiger partial charge in [0.25, 0.3) is 5.91 Å². The number of hydrogen-bond acceptors (Lipinski definition) is 2. The Morgan fingerprint density at radius 2 is 2.00 bits per heavy atom. The van der Waals surface area contributed by atoms with Crippen molar-refractivity contribution in [2.45, 2.75) is 19.4 Å². The van der Waals surface area contributed by atoms with Gasteiger partial charge in [0.2, 0.25) is 0 Å². The van der Waals surface area contributed by atoms with Crippen LogP contribution in [0.2, 0.25) is 5.02 Å². The number of carbonyl (C=O) groups is 1. The van der Waals surface area contributed by atoms with E-state index in [9.17, 15) is 4.79 Å². The molecule has 0 aliphatic heterocycles. The van der Waals surface area contributed by atoms with Crippen molar-refractivity contribution in [1.82, 2.24) is 14.9 Å². The van der Waals surface area contributed by atoms with Crippen molar-refractivity contribution < 1.29 is 4.79 Å². The van der Waals surface area contributed by atoms with Crippen LogP contribution in [0.3, 0.4) is 0 Å². The SMILES string of the molecule is C[C@@H](Cc1cccc(Cl)c1)NC(=O)c1c[nH]c(=S)n1-c1ccccc1. The van der Waals surface area contributed by atoms with E-state index in [1.807, 2.05) is 61.5 Å². The lowest BCUT2D eigenvalue weighted by molar-refractivity contribution is 0.0933. The molecular weight excluding hydrogens is 354 g/mol. The van der Waals surface area contributed by atoms with Gasteiger partial charge in [-0.05, 0) is 55.4 Å². The Kier molecular flexibility index (Phi) is 5.36.